The third-order valence-corrected chi connectivity index (χ3v) is 5.66. The van der Waals surface area contributed by atoms with Crippen LogP contribution in [-0.2, 0) is 19.4 Å². The van der Waals surface area contributed by atoms with Crippen LogP contribution in [0.25, 0.3) is 0 Å². The third-order valence-electron chi connectivity index (χ3n) is 3.07. The number of sulfone groups is 1. The van der Waals surface area contributed by atoms with Crippen LogP contribution in [0, 0.1) is 0 Å². The van der Waals surface area contributed by atoms with Crippen molar-refractivity contribution in [1.29, 1.82) is 0 Å². The van der Waals surface area contributed by atoms with Gasteiger partial charge in [-0.25, -0.2) is 8.42 Å². The summed E-state index contributed by atoms with van der Waals surface area (Å²) in [4.78, 5) is 24.2. The van der Waals surface area contributed by atoms with Gasteiger partial charge in [0.2, 0.25) is 11.8 Å². The number of hydrogen-bond acceptors (Lipinski definition) is 5. The van der Waals surface area contributed by atoms with Gasteiger partial charge in [-0.2, -0.15) is 0 Å². The van der Waals surface area contributed by atoms with Gasteiger partial charge in [0.1, 0.15) is 0 Å². The molecule has 1 rings (SSSR count). The van der Waals surface area contributed by atoms with Crippen molar-refractivity contribution >= 4 is 21.7 Å². The maximum Gasteiger partial charge on any atom is 0.246 e. The molecule has 0 radical (unpaired) electrons. The van der Waals surface area contributed by atoms with Crippen LogP contribution in [0.3, 0.4) is 0 Å². The Morgan fingerprint density at radius 2 is 1.89 bits per heavy atom. The highest BCUT2D eigenvalue weighted by atomic mass is 32.2. The SMILES string of the molecule is CC(C)(C)S(=O)(=O)CCN1C(=O)CCC(N)C1=O. The van der Waals surface area contributed by atoms with Crippen molar-refractivity contribution in [3.63, 3.8) is 0 Å². The fourth-order valence-electron chi connectivity index (χ4n) is 1.61. The van der Waals surface area contributed by atoms with E-state index in [2.05, 4.69) is 0 Å². The summed E-state index contributed by atoms with van der Waals surface area (Å²) in [6.07, 6.45) is 0.530. The second-order valence-corrected chi connectivity index (χ2v) is 8.32. The lowest BCUT2D eigenvalue weighted by Crippen LogP contribution is -2.53. The smallest absolute Gasteiger partial charge is 0.246 e. The lowest BCUT2D eigenvalue weighted by molar-refractivity contribution is -0.148. The number of likely N-dealkylation sites (tertiary alicyclic amines) is 1. The van der Waals surface area contributed by atoms with Crippen LogP contribution in [-0.4, -0.2) is 48.2 Å². The summed E-state index contributed by atoms with van der Waals surface area (Å²) >= 11 is 0. The molecule has 18 heavy (non-hydrogen) atoms. The molecule has 2 N–H and O–H groups in total. The molecular formula is C11H20N2O4S. The molecule has 0 bridgehead atoms. The summed E-state index contributed by atoms with van der Waals surface area (Å²) in [5, 5.41) is 0. The van der Waals surface area contributed by atoms with E-state index in [1.54, 1.807) is 20.8 Å². The van der Waals surface area contributed by atoms with Crippen LogP contribution >= 0.6 is 0 Å². The van der Waals surface area contributed by atoms with E-state index in [4.69, 9.17) is 5.73 Å². The average molecular weight is 276 g/mol. The molecule has 1 aliphatic rings. The van der Waals surface area contributed by atoms with Crippen molar-refractivity contribution in [2.75, 3.05) is 12.3 Å². The lowest BCUT2D eigenvalue weighted by atomic mass is 10.1. The Bertz CT molecular complexity index is 450. The van der Waals surface area contributed by atoms with Gasteiger partial charge in [0.05, 0.1) is 16.5 Å². The Balaban J connectivity index is 2.74. The predicted octanol–water partition coefficient (Wildman–Crippen LogP) is -0.324. The zero-order valence-electron chi connectivity index (χ0n) is 11.0. The summed E-state index contributed by atoms with van der Waals surface area (Å²) < 4.78 is 22.9. The molecule has 7 heteroatoms. The van der Waals surface area contributed by atoms with Crippen LogP contribution < -0.4 is 5.73 Å². The van der Waals surface area contributed by atoms with Crippen LogP contribution in [0.4, 0.5) is 0 Å². The van der Waals surface area contributed by atoms with Gasteiger partial charge in [-0.05, 0) is 27.2 Å². The number of carbonyl (C=O) groups excluding carboxylic acids is 2. The zero-order valence-corrected chi connectivity index (χ0v) is 11.8. The van der Waals surface area contributed by atoms with E-state index in [0.29, 0.717) is 6.42 Å². The summed E-state index contributed by atoms with van der Waals surface area (Å²) in [6, 6.07) is -0.694. The first-order chi connectivity index (χ1) is 8.06. The van der Waals surface area contributed by atoms with Crippen molar-refractivity contribution < 1.29 is 18.0 Å². The molecule has 104 valence electrons. The van der Waals surface area contributed by atoms with Crippen LogP contribution in [0.1, 0.15) is 33.6 Å². The van der Waals surface area contributed by atoms with Crippen molar-refractivity contribution in [3.05, 3.63) is 0 Å². The summed E-state index contributed by atoms with van der Waals surface area (Å²) in [7, 11) is -3.35. The van der Waals surface area contributed by atoms with Crippen molar-refractivity contribution in [3.8, 4) is 0 Å². The number of imide groups is 1. The normalized spacial score (nSPS) is 22.4. The minimum absolute atomic E-state index is 0.106. The molecular weight excluding hydrogens is 256 g/mol. The number of nitrogens with zero attached hydrogens (tertiary/aromatic N) is 1. The fraction of sp³-hybridized carbons (Fsp3) is 0.818. The van der Waals surface area contributed by atoms with Gasteiger partial charge >= 0.3 is 0 Å². The largest absolute Gasteiger partial charge is 0.320 e. The fourth-order valence-corrected chi connectivity index (χ4v) is 2.65. The molecule has 6 nitrogen and oxygen atoms in total. The molecule has 0 aliphatic carbocycles. The van der Waals surface area contributed by atoms with Gasteiger partial charge in [0, 0.05) is 13.0 Å². The van der Waals surface area contributed by atoms with Gasteiger partial charge in [0.25, 0.3) is 0 Å². The first-order valence-corrected chi connectivity index (χ1v) is 7.53. The summed E-state index contributed by atoms with van der Waals surface area (Å²) in [6.45, 7) is 4.67. The molecule has 0 aromatic rings. The Morgan fingerprint density at radius 3 is 2.39 bits per heavy atom. The van der Waals surface area contributed by atoms with Crippen LogP contribution in [0.5, 0.6) is 0 Å². The second-order valence-electron chi connectivity index (χ2n) is 5.46. The molecule has 0 aromatic carbocycles. The number of piperidine rings is 1. The number of carbonyl (C=O) groups is 2. The van der Waals surface area contributed by atoms with Crippen molar-refractivity contribution in [2.45, 2.75) is 44.4 Å². The Labute approximate surface area is 107 Å². The minimum Gasteiger partial charge on any atom is -0.320 e. The zero-order chi connectivity index (χ0) is 14.1. The first kappa shape index (κ1) is 15.1. The van der Waals surface area contributed by atoms with E-state index in [1.807, 2.05) is 0 Å². The molecule has 1 heterocycles. The highest BCUT2D eigenvalue weighted by Gasteiger charge is 2.35. The number of rotatable bonds is 3. The van der Waals surface area contributed by atoms with E-state index in [1.165, 1.54) is 0 Å². The quantitative estimate of drug-likeness (QED) is 0.712. The predicted molar refractivity (Wildman–Crippen MR) is 67.5 cm³/mol. The first-order valence-electron chi connectivity index (χ1n) is 5.88. The number of hydrogen-bond donors (Lipinski definition) is 1. The molecule has 0 aromatic heterocycles. The third kappa shape index (κ3) is 3.08. The Morgan fingerprint density at radius 1 is 1.33 bits per heavy atom. The Kier molecular flexibility index (Phi) is 4.17. The van der Waals surface area contributed by atoms with Gasteiger partial charge in [0.15, 0.2) is 9.84 Å². The van der Waals surface area contributed by atoms with Crippen LogP contribution in [0.15, 0.2) is 0 Å². The van der Waals surface area contributed by atoms with Gasteiger partial charge < -0.3 is 5.73 Å². The molecule has 1 aliphatic heterocycles. The molecule has 1 unspecified atom stereocenters. The van der Waals surface area contributed by atoms with E-state index < -0.39 is 26.5 Å². The van der Waals surface area contributed by atoms with Crippen LogP contribution in [0.2, 0.25) is 0 Å². The maximum absolute atomic E-state index is 11.9. The molecule has 0 spiro atoms. The average Bonchev–Trinajstić information content (AvgIpc) is 2.22. The molecule has 1 saturated heterocycles. The Hall–Kier alpha value is -0.950. The van der Waals surface area contributed by atoms with E-state index in [-0.39, 0.29) is 24.6 Å². The number of nitrogens with two attached hydrogens (primary N) is 1. The second kappa shape index (κ2) is 4.97. The highest BCUT2D eigenvalue weighted by molar-refractivity contribution is 7.92. The highest BCUT2D eigenvalue weighted by Crippen LogP contribution is 2.17. The molecule has 1 atom stereocenters. The van der Waals surface area contributed by atoms with E-state index in [0.717, 1.165) is 4.90 Å². The number of amides is 2. The molecule has 1 fully saturated rings. The van der Waals surface area contributed by atoms with Gasteiger partial charge in [-0.15, -0.1) is 0 Å². The van der Waals surface area contributed by atoms with Crippen molar-refractivity contribution in [2.24, 2.45) is 5.73 Å². The molecule has 2 amide bonds. The molecule has 0 saturated carbocycles. The van der Waals surface area contributed by atoms with E-state index >= 15 is 0 Å². The minimum atomic E-state index is -3.35. The summed E-state index contributed by atoms with van der Waals surface area (Å²) in [5.41, 5.74) is 5.56. The monoisotopic (exact) mass is 276 g/mol. The lowest BCUT2D eigenvalue weighted by Gasteiger charge is -2.29. The van der Waals surface area contributed by atoms with Crippen molar-refractivity contribution in [1.82, 2.24) is 4.90 Å². The van der Waals surface area contributed by atoms with Gasteiger partial charge in [-0.3, -0.25) is 14.5 Å². The topological polar surface area (TPSA) is 97.5 Å². The summed E-state index contributed by atoms with van der Waals surface area (Å²) in [5.74, 6) is -1.04. The standard InChI is InChI=1S/C11H20N2O4S/c1-11(2,3)18(16,17)7-6-13-9(14)5-4-8(12)10(13)15/h8H,4-7,12H2,1-3H3. The van der Waals surface area contributed by atoms with Gasteiger partial charge in [-0.1, -0.05) is 0 Å². The maximum atomic E-state index is 11.9. The van der Waals surface area contributed by atoms with E-state index in [9.17, 15) is 18.0 Å².